The van der Waals surface area contributed by atoms with Crippen LogP contribution in [0.5, 0.6) is 0 Å². The van der Waals surface area contributed by atoms with Crippen LogP contribution in [0.15, 0.2) is 30.7 Å². The van der Waals surface area contributed by atoms with E-state index in [-0.39, 0.29) is 5.69 Å². The average Bonchev–Trinajstić information content (AvgIpc) is 3.22. The van der Waals surface area contributed by atoms with Crippen molar-refractivity contribution in [3.05, 3.63) is 42.1 Å². The largest absolute Gasteiger partial charge is 0.477 e. The Morgan fingerprint density at radius 3 is 3.00 bits per heavy atom. The molecule has 1 aliphatic heterocycles. The summed E-state index contributed by atoms with van der Waals surface area (Å²) in [6, 6.07) is 3.54. The Hall–Kier alpha value is -2.90. The first-order valence-corrected chi connectivity index (χ1v) is 7.94. The average molecular weight is 326 g/mol. The van der Waals surface area contributed by atoms with Gasteiger partial charge in [0.25, 0.3) is 0 Å². The van der Waals surface area contributed by atoms with Crippen LogP contribution in [0.4, 0.5) is 5.95 Å². The molecule has 1 saturated heterocycles. The molecule has 3 aromatic heterocycles. The number of carboxylic acid groups (broad SMARTS) is 1. The number of aromatic carboxylic acids is 1. The molecule has 124 valence electrons. The van der Waals surface area contributed by atoms with Gasteiger partial charge >= 0.3 is 5.97 Å². The lowest BCUT2D eigenvalue weighted by Crippen LogP contribution is -2.36. The van der Waals surface area contributed by atoms with Gasteiger partial charge in [0.2, 0.25) is 5.95 Å². The van der Waals surface area contributed by atoms with E-state index >= 15 is 0 Å². The number of rotatable bonds is 3. The number of carbonyl (C=O) groups is 1. The van der Waals surface area contributed by atoms with Crippen molar-refractivity contribution in [2.45, 2.75) is 18.8 Å². The lowest BCUT2D eigenvalue weighted by Gasteiger charge is -2.33. The third-order valence-corrected chi connectivity index (χ3v) is 4.45. The number of piperidine rings is 1. The van der Waals surface area contributed by atoms with E-state index in [1.807, 2.05) is 34.6 Å². The molecule has 0 amide bonds. The van der Waals surface area contributed by atoms with Gasteiger partial charge in [-0.1, -0.05) is 0 Å². The first-order chi connectivity index (χ1) is 11.6. The van der Waals surface area contributed by atoms with Gasteiger partial charge in [0.15, 0.2) is 5.69 Å². The molecule has 0 spiro atoms. The summed E-state index contributed by atoms with van der Waals surface area (Å²) in [5.41, 5.74) is 1.68. The fraction of sp³-hybridized carbons (Fsp3) is 0.375. The van der Waals surface area contributed by atoms with Crippen LogP contribution >= 0.6 is 0 Å². The molecule has 4 heterocycles. The third kappa shape index (κ3) is 2.49. The highest BCUT2D eigenvalue weighted by Crippen LogP contribution is 2.28. The van der Waals surface area contributed by atoms with Crippen molar-refractivity contribution in [2.24, 2.45) is 7.05 Å². The molecule has 0 aliphatic carbocycles. The van der Waals surface area contributed by atoms with Gasteiger partial charge in [-0.2, -0.15) is 5.10 Å². The highest BCUT2D eigenvalue weighted by atomic mass is 16.4. The van der Waals surface area contributed by atoms with E-state index in [9.17, 15) is 9.90 Å². The standard InChI is InChI=1S/C16H18N6O2/c1-20-7-4-12(19-20)11-3-2-6-21(10-11)16-18-13(15(23)24)9-14-17-5-8-22(14)16/h4-5,7-9,11H,2-3,6,10H2,1H3,(H,23,24). The fourth-order valence-corrected chi connectivity index (χ4v) is 3.29. The topological polar surface area (TPSA) is 88.5 Å². The van der Waals surface area contributed by atoms with Crippen LogP contribution in [-0.2, 0) is 7.05 Å². The Labute approximate surface area is 138 Å². The maximum absolute atomic E-state index is 11.4. The number of hydrogen-bond donors (Lipinski definition) is 1. The van der Waals surface area contributed by atoms with E-state index in [0.29, 0.717) is 17.5 Å². The van der Waals surface area contributed by atoms with Crippen molar-refractivity contribution in [2.75, 3.05) is 18.0 Å². The normalized spacial score (nSPS) is 18.2. The quantitative estimate of drug-likeness (QED) is 0.785. The first-order valence-electron chi connectivity index (χ1n) is 7.94. The van der Waals surface area contributed by atoms with Crippen LogP contribution in [0.25, 0.3) is 5.65 Å². The summed E-state index contributed by atoms with van der Waals surface area (Å²) >= 11 is 0. The number of aromatic nitrogens is 5. The molecule has 4 rings (SSSR count). The third-order valence-electron chi connectivity index (χ3n) is 4.45. The van der Waals surface area contributed by atoms with Gasteiger partial charge in [-0.05, 0) is 18.9 Å². The number of anilines is 1. The zero-order chi connectivity index (χ0) is 16.7. The Morgan fingerprint density at radius 1 is 1.38 bits per heavy atom. The summed E-state index contributed by atoms with van der Waals surface area (Å²) in [7, 11) is 1.91. The van der Waals surface area contributed by atoms with Gasteiger partial charge < -0.3 is 10.0 Å². The van der Waals surface area contributed by atoms with E-state index in [1.54, 1.807) is 6.20 Å². The minimum absolute atomic E-state index is 0.0173. The van der Waals surface area contributed by atoms with Gasteiger partial charge in [-0.3, -0.25) is 9.08 Å². The number of aryl methyl sites for hydroxylation is 1. The molecule has 0 aromatic carbocycles. The maximum Gasteiger partial charge on any atom is 0.354 e. The summed E-state index contributed by atoms with van der Waals surface area (Å²) in [5.74, 6) is -0.100. The van der Waals surface area contributed by atoms with Crippen LogP contribution in [0.2, 0.25) is 0 Å². The highest BCUT2D eigenvalue weighted by molar-refractivity contribution is 5.87. The number of nitrogens with zero attached hydrogens (tertiary/aromatic N) is 6. The lowest BCUT2D eigenvalue weighted by atomic mass is 9.95. The molecule has 24 heavy (non-hydrogen) atoms. The van der Waals surface area contributed by atoms with Crippen LogP contribution < -0.4 is 4.90 Å². The SMILES string of the molecule is Cn1ccc(C2CCCN(c3nc(C(=O)O)cc4nccn34)C2)n1. The van der Waals surface area contributed by atoms with Crippen molar-refractivity contribution in [1.82, 2.24) is 24.1 Å². The molecule has 1 atom stereocenters. The number of fused-ring (bicyclic) bond motifs is 1. The predicted octanol–water partition coefficient (Wildman–Crippen LogP) is 1.54. The monoisotopic (exact) mass is 326 g/mol. The van der Waals surface area contributed by atoms with Crippen LogP contribution in [0.3, 0.4) is 0 Å². The second-order valence-electron chi connectivity index (χ2n) is 6.10. The molecule has 1 unspecified atom stereocenters. The summed E-state index contributed by atoms with van der Waals surface area (Å²) in [6.07, 6.45) is 7.50. The fourth-order valence-electron chi connectivity index (χ4n) is 3.29. The minimum Gasteiger partial charge on any atom is -0.477 e. The minimum atomic E-state index is -1.04. The smallest absolute Gasteiger partial charge is 0.354 e. The van der Waals surface area contributed by atoms with Gasteiger partial charge in [-0.25, -0.2) is 14.8 Å². The van der Waals surface area contributed by atoms with Crippen molar-refractivity contribution in [1.29, 1.82) is 0 Å². The summed E-state index contributed by atoms with van der Waals surface area (Å²) in [4.78, 5) is 22.1. The zero-order valence-electron chi connectivity index (χ0n) is 13.3. The summed E-state index contributed by atoms with van der Waals surface area (Å²) in [5, 5.41) is 13.8. The molecular weight excluding hydrogens is 308 g/mol. The summed E-state index contributed by atoms with van der Waals surface area (Å²) in [6.45, 7) is 1.60. The van der Waals surface area contributed by atoms with E-state index < -0.39 is 5.97 Å². The molecule has 8 nitrogen and oxygen atoms in total. The predicted molar refractivity (Wildman–Crippen MR) is 87.3 cm³/mol. The van der Waals surface area contributed by atoms with E-state index in [0.717, 1.165) is 31.6 Å². The number of carboxylic acids is 1. The van der Waals surface area contributed by atoms with Crippen molar-refractivity contribution in [3.8, 4) is 0 Å². The van der Waals surface area contributed by atoms with Crippen LogP contribution in [0, 0.1) is 0 Å². The molecule has 1 N–H and O–H groups in total. The molecular formula is C16H18N6O2. The number of hydrogen-bond acceptors (Lipinski definition) is 5. The van der Waals surface area contributed by atoms with Crippen molar-refractivity contribution >= 4 is 17.6 Å². The molecule has 1 fully saturated rings. The van der Waals surface area contributed by atoms with Crippen molar-refractivity contribution < 1.29 is 9.90 Å². The second kappa shape index (κ2) is 5.63. The van der Waals surface area contributed by atoms with Gasteiger partial charge in [0, 0.05) is 50.7 Å². The van der Waals surface area contributed by atoms with E-state index in [2.05, 4.69) is 20.0 Å². The Kier molecular flexibility index (Phi) is 3.44. The maximum atomic E-state index is 11.4. The lowest BCUT2D eigenvalue weighted by molar-refractivity contribution is 0.0690. The molecule has 8 heteroatoms. The molecule has 0 radical (unpaired) electrons. The Balaban J connectivity index is 1.71. The van der Waals surface area contributed by atoms with Crippen LogP contribution in [-0.4, -0.2) is 48.3 Å². The molecule has 0 saturated carbocycles. The second-order valence-corrected chi connectivity index (χ2v) is 6.10. The van der Waals surface area contributed by atoms with Crippen molar-refractivity contribution in [3.63, 3.8) is 0 Å². The van der Waals surface area contributed by atoms with Gasteiger partial charge in [0.05, 0.1) is 5.69 Å². The zero-order valence-corrected chi connectivity index (χ0v) is 13.3. The summed E-state index contributed by atoms with van der Waals surface area (Å²) < 4.78 is 3.65. The Bertz CT molecular complexity index is 899. The van der Waals surface area contributed by atoms with E-state index in [4.69, 9.17) is 0 Å². The molecule has 1 aliphatic rings. The molecule has 0 bridgehead atoms. The van der Waals surface area contributed by atoms with Crippen LogP contribution in [0.1, 0.15) is 34.9 Å². The first kappa shape index (κ1) is 14.7. The van der Waals surface area contributed by atoms with Gasteiger partial charge in [-0.15, -0.1) is 0 Å². The van der Waals surface area contributed by atoms with E-state index in [1.165, 1.54) is 6.07 Å². The molecule has 3 aromatic rings. The highest BCUT2D eigenvalue weighted by Gasteiger charge is 2.26. The Morgan fingerprint density at radius 2 is 2.25 bits per heavy atom. The van der Waals surface area contributed by atoms with Gasteiger partial charge in [0.1, 0.15) is 5.65 Å². The number of imidazole rings is 1.